The maximum absolute atomic E-state index is 13.6. The Morgan fingerprint density at radius 1 is 1.22 bits per heavy atom. The molecule has 1 N–H and O–H groups in total. The van der Waals surface area contributed by atoms with Crippen molar-refractivity contribution in [3.8, 4) is 11.4 Å². The SMILES string of the molecule is CCn1ncc(Cn2cc(C)nc2-c2ccc(F)cc2C(C)O)c1Br.O=[N+]([O-])c1ncc(Br)cc1F. The Morgan fingerprint density at radius 2 is 1.94 bits per heavy atom. The van der Waals surface area contributed by atoms with E-state index in [1.54, 1.807) is 13.0 Å². The molecule has 0 aliphatic carbocycles. The summed E-state index contributed by atoms with van der Waals surface area (Å²) < 4.78 is 31.4. The highest BCUT2D eigenvalue weighted by Crippen LogP contribution is 2.30. The van der Waals surface area contributed by atoms with Crippen LogP contribution in [0.2, 0.25) is 0 Å². The van der Waals surface area contributed by atoms with Crippen LogP contribution in [-0.4, -0.2) is 34.3 Å². The van der Waals surface area contributed by atoms with Gasteiger partial charge in [0.1, 0.15) is 16.2 Å². The number of pyridine rings is 1. The summed E-state index contributed by atoms with van der Waals surface area (Å²) in [5, 5.41) is 24.4. The Labute approximate surface area is 222 Å². The molecule has 0 saturated heterocycles. The van der Waals surface area contributed by atoms with Gasteiger partial charge in [-0.1, -0.05) is 0 Å². The molecule has 0 spiro atoms. The summed E-state index contributed by atoms with van der Waals surface area (Å²) in [6, 6.07) is 5.41. The maximum atomic E-state index is 13.6. The van der Waals surface area contributed by atoms with E-state index >= 15 is 0 Å². The number of hydrogen-bond donors (Lipinski definition) is 1. The summed E-state index contributed by atoms with van der Waals surface area (Å²) in [5.74, 6) is -1.37. The maximum Gasteiger partial charge on any atom is 0.399 e. The molecule has 0 amide bonds. The second kappa shape index (κ2) is 11.8. The third-order valence-electron chi connectivity index (χ3n) is 5.05. The minimum absolute atomic E-state index is 0.374. The predicted octanol–water partition coefficient (Wildman–Crippen LogP) is 5.97. The Bertz CT molecular complexity index is 1390. The quantitative estimate of drug-likeness (QED) is 0.208. The predicted molar refractivity (Wildman–Crippen MR) is 136 cm³/mol. The summed E-state index contributed by atoms with van der Waals surface area (Å²) in [4.78, 5) is 17.0. The van der Waals surface area contributed by atoms with E-state index in [1.807, 2.05) is 35.5 Å². The smallest absolute Gasteiger partial charge is 0.389 e. The minimum Gasteiger partial charge on any atom is -0.389 e. The number of aromatic nitrogens is 5. The van der Waals surface area contributed by atoms with E-state index in [2.05, 4.69) is 46.9 Å². The summed E-state index contributed by atoms with van der Waals surface area (Å²) >= 11 is 6.50. The third kappa shape index (κ3) is 6.39. The zero-order chi connectivity index (χ0) is 26.6. The summed E-state index contributed by atoms with van der Waals surface area (Å²) in [6.07, 6.45) is 4.15. The molecule has 1 aromatic carbocycles. The second-order valence-corrected chi connectivity index (χ2v) is 9.40. The molecule has 0 bridgehead atoms. The molecule has 0 fully saturated rings. The van der Waals surface area contributed by atoms with Crippen molar-refractivity contribution >= 4 is 37.7 Å². The first-order valence-corrected chi connectivity index (χ1v) is 12.3. The van der Waals surface area contributed by atoms with E-state index in [0.29, 0.717) is 22.4 Å². The van der Waals surface area contributed by atoms with Crippen LogP contribution in [0.4, 0.5) is 14.6 Å². The zero-order valence-corrected chi connectivity index (χ0v) is 22.7. The van der Waals surface area contributed by atoms with E-state index in [-0.39, 0.29) is 5.82 Å². The van der Waals surface area contributed by atoms with Gasteiger partial charge < -0.3 is 19.8 Å². The average Bonchev–Trinajstić information content (AvgIpc) is 3.35. The molecule has 1 unspecified atom stereocenters. The van der Waals surface area contributed by atoms with Crippen LogP contribution in [0.25, 0.3) is 11.4 Å². The fraction of sp³-hybridized carbons (Fsp3) is 0.261. The van der Waals surface area contributed by atoms with Gasteiger partial charge in [-0.25, -0.2) is 9.37 Å². The Hall–Kier alpha value is -3.03. The van der Waals surface area contributed by atoms with Gasteiger partial charge in [0, 0.05) is 29.9 Å². The molecule has 3 heterocycles. The largest absolute Gasteiger partial charge is 0.399 e. The van der Waals surface area contributed by atoms with Crippen molar-refractivity contribution in [2.45, 2.75) is 40.0 Å². The fourth-order valence-electron chi connectivity index (χ4n) is 3.43. The molecule has 13 heteroatoms. The number of hydrogen-bond acceptors (Lipinski definition) is 6. The topological polar surface area (TPSA) is 112 Å². The van der Waals surface area contributed by atoms with E-state index in [0.717, 1.165) is 34.0 Å². The Balaban J connectivity index is 0.000000275. The van der Waals surface area contributed by atoms with Crippen LogP contribution in [-0.2, 0) is 13.1 Å². The Kier molecular flexibility index (Phi) is 9.03. The molecule has 36 heavy (non-hydrogen) atoms. The van der Waals surface area contributed by atoms with Crippen molar-refractivity contribution in [1.29, 1.82) is 0 Å². The average molecular weight is 628 g/mol. The molecule has 9 nitrogen and oxygen atoms in total. The number of benzene rings is 1. The lowest BCUT2D eigenvalue weighted by atomic mass is 10.0. The highest BCUT2D eigenvalue weighted by atomic mass is 79.9. The Morgan fingerprint density at radius 3 is 2.53 bits per heavy atom. The molecule has 0 radical (unpaired) electrons. The molecule has 4 aromatic rings. The van der Waals surface area contributed by atoms with Gasteiger partial charge >= 0.3 is 5.82 Å². The van der Waals surface area contributed by atoms with Gasteiger partial charge in [0.2, 0.25) is 5.82 Å². The molecular weight excluding hydrogens is 606 g/mol. The van der Waals surface area contributed by atoms with Gasteiger partial charge in [-0.3, -0.25) is 4.68 Å². The van der Waals surface area contributed by atoms with Crippen LogP contribution in [0, 0.1) is 28.7 Å². The number of halogens is 4. The normalized spacial score (nSPS) is 11.7. The lowest BCUT2D eigenvalue weighted by Gasteiger charge is -2.14. The van der Waals surface area contributed by atoms with Crippen LogP contribution < -0.4 is 0 Å². The lowest BCUT2D eigenvalue weighted by Crippen LogP contribution is -2.05. The van der Waals surface area contributed by atoms with Crippen molar-refractivity contribution in [2.75, 3.05) is 0 Å². The minimum atomic E-state index is -0.940. The number of nitrogens with zero attached hydrogens (tertiary/aromatic N) is 6. The third-order valence-corrected chi connectivity index (χ3v) is 6.40. The lowest BCUT2D eigenvalue weighted by molar-refractivity contribution is -0.392. The van der Waals surface area contributed by atoms with Crippen molar-refractivity contribution < 1.29 is 18.8 Å². The van der Waals surface area contributed by atoms with Crippen LogP contribution in [0.3, 0.4) is 0 Å². The zero-order valence-electron chi connectivity index (χ0n) is 19.5. The van der Waals surface area contributed by atoms with Crippen molar-refractivity contribution in [3.63, 3.8) is 0 Å². The molecular formula is C23H22Br2F2N6O3. The van der Waals surface area contributed by atoms with E-state index in [1.165, 1.54) is 18.3 Å². The molecule has 0 aliphatic heterocycles. The van der Waals surface area contributed by atoms with Gasteiger partial charge in [0.25, 0.3) is 0 Å². The molecule has 190 valence electrons. The summed E-state index contributed by atoms with van der Waals surface area (Å²) in [5.41, 5.74) is 3.13. The van der Waals surface area contributed by atoms with E-state index in [4.69, 9.17) is 0 Å². The highest BCUT2D eigenvalue weighted by Gasteiger charge is 2.18. The first kappa shape index (κ1) is 27.6. The summed E-state index contributed by atoms with van der Waals surface area (Å²) in [6.45, 7) is 6.92. The molecule has 0 aliphatic rings. The first-order chi connectivity index (χ1) is 17.0. The van der Waals surface area contributed by atoms with E-state index in [9.17, 15) is 24.0 Å². The standard InChI is InChI=1S/C18H20BrFN4O.C5H2BrFN2O2/c1-4-24-17(19)13(8-21-24)10-23-9-11(2)22-18(23)15-6-5-14(20)7-16(15)12(3)25;6-3-1-4(7)5(8-2-3)9(10)11/h5-9,12,25H,4,10H2,1-3H3;1-2H. The van der Waals surface area contributed by atoms with Gasteiger partial charge in [0.05, 0.1) is 29.0 Å². The summed E-state index contributed by atoms with van der Waals surface area (Å²) in [7, 11) is 0. The van der Waals surface area contributed by atoms with Crippen LogP contribution in [0.5, 0.6) is 0 Å². The van der Waals surface area contributed by atoms with Gasteiger partial charge in [-0.2, -0.15) is 9.49 Å². The fourth-order valence-corrected chi connectivity index (χ4v) is 4.30. The van der Waals surface area contributed by atoms with Gasteiger partial charge in [-0.15, -0.1) is 0 Å². The van der Waals surface area contributed by atoms with Gasteiger partial charge in [0.15, 0.2) is 6.20 Å². The monoisotopic (exact) mass is 626 g/mol. The molecule has 1 atom stereocenters. The molecule has 4 rings (SSSR count). The van der Waals surface area contributed by atoms with Gasteiger partial charge in [-0.05, 0) is 86.3 Å². The molecule has 3 aromatic heterocycles. The number of aliphatic hydroxyl groups excluding tert-OH is 1. The number of rotatable bonds is 6. The first-order valence-electron chi connectivity index (χ1n) is 10.7. The van der Waals surface area contributed by atoms with Crippen molar-refractivity contribution in [2.24, 2.45) is 0 Å². The number of aliphatic hydroxyl groups is 1. The van der Waals surface area contributed by atoms with Crippen LogP contribution in [0.1, 0.15) is 36.8 Å². The number of imidazole rings is 1. The van der Waals surface area contributed by atoms with Crippen LogP contribution >= 0.6 is 31.9 Å². The molecule has 0 saturated carbocycles. The number of aryl methyl sites for hydroxylation is 2. The highest BCUT2D eigenvalue weighted by molar-refractivity contribution is 9.10. The van der Waals surface area contributed by atoms with Crippen molar-refractivity contribution in [3.05, 3.63) is 90.5 Å². The number of nitro groups is 1. The van der Waals surface area contributed by atoms with E-state index < -0.39 is 22.7 Å². The van der Waals surface area contributed by atoms with Crippen molar-refractivity contribution in [1.82, 2.24) is 24.3 Å². The second-order valence-electron chi connectivity index (χ2n) is 7.73. The van der Waals surface area contributed by atoms with Crippen LogP contribution in [0.15, 0.2) is 51.9 Å².